The van der Waals surface area contributed by atoms with Crippen LogP contribution in [0.1, 0.15) is 46.5 Å². The van der Waals surface area contributed by atoms with Crippen LogP contribution in [-0.2, 0) is 4.74 Å². The summed E-state index contributed by atoms with van der Waals surface area (Å²) in [4.78, 5) is 23.0. The van der Waals surface area contributed by atoms with Crippen molar-refractivity contribution in [3.05, 3.63) is 48.9 Å². The highest BCUT2D eigenvalue weighted by Crippen LogP contribution is 2.28. The van der Waals surface area contributed by atoms with E-state index in [-0.39, 0.29) is 18.2 Å². The third-order valence-electron chi connectivity index (χ3n) is 5.18. The number of benzene rings is 1. The van der Waals surface area contributed by atoms with Gasteiger partial charge in [0.2, 0.25) is 5.95 Å². The van der Waals surface area contributed by atoms with E-state index < -0.39 is 5.60 Å². The van der Waals surface area contributed by atoms with Gasteiger partial charge in [-0.15, -0.1) is 0 Å². The molecule has 2 aromatic heterocycles. The molecule has 1 N–H and O–H groups in total. The highest BCUT2D eigenvalue weighted by molar-refractivity contribution is 5.79. The van der Waals surface area contributed by atoms with Crippen molar-refractivity contribution in [2.45, 2.75) is 64.1 Å². The molecule has 1 aliphatic rings. The minimum Gasteiger partial charge on any atom is -0.444 e. The average Bonchev–Trinajstić information content (AvgIpc) is 3.13. The van der Waals surface area contributed by atoms with Crippen LogP contribution < -0.4 is 10.3 Å². The van der Waals surface area contributed by atoms with E-state index >= 15 is 0 Å². The smallest absolute Gasteiger partial charge is 0.407 e. The Hall–Kier alpha value is -3.16. The maximum atomic E-state index is 12.1. The molecule has 1 amide bonds. The third kappa shape index (κ3) is 4.53. The second-order valence-electron chi connectivity index (χ2n) is 8.64. The van der Waals surface area contributed by atoms with Crippen molar-refractivity contribution in [3.8, 4) is 0 Å². The molecule has 30 heavy (non-hydrogen) atoms. The zero-order valence-electron chi connectivity index (χ0n) is 17.7. The monoisotopic (exact) mass is 408 g/mol. The fraction of sp³-hybridized carbons (Fsp3) is 0.455. The van der Waals surface area contributed by atoms with Crippen molar-refractivity contribution in [2.24, 2.45) is 0 Å². The van der Waals surface area contributed by atoms with Gasteiger partial charge in [-0.2, -0.15) is 9.89 Å². The Balaban J connectivity index is 1.52. The van der Waals surface area contributed by atoms with E-state index in [1.54, 1.807) is 12.4 Å². The van der Waals surface area contributed by atoms with Crippen LogP contribution in [0.4, 0.5) is 10.7 Å². The molecule has 1 aliphatic carbocycles. The summed E-state index contributed by atoms with van der Waals surface area (Å²) in [6, 6.07) is 10.2. The van der Waals surface area contributed by atoms with Gasteiger partial charge in [0.1, 0.15) is 5.60 Å². The molecular weight excluding hydrogens is 380 g/mol. The number of anilines is 1. The Morgan fingerprint density at radius 1 is 1.10 bits per heavy atom. The van der Waals surface area contributed by atoms with E-state index in [2.05, 4.69) is 25.4 Å². The normalized spacial score (nSPS) is 19.4. The molecule has 4 rings (SSSR count). The maximum absolute atomic E-state index is 12.1. The molecule has 2 heterocycles. The van der Waals surface area contributed by atoms with Crippen molar-refractivity contribution >= 4 is 22.9 Å². The van der Waals surface area contributed by atoms with Gasteiger partial charge in [0.25, 0.3) is 0 Å². The van der Waals surface area contributed by atoms with Crippen LogP contribution in [0.2, 0.25) is 0 Å². The Bertz CT molecular complexity index is 990. The van der Waals surface area contributed by atoms with Crippen LogP contribution in [0.15, 0.2) is 48.9 Å². The van der Waals surface area contributed by atoms with Gasteiger partial charge >= 0.3 is 6.09 Å². The fourth-order valence-corrected chi connectivity index (χ4v) is 3.88. The highest BCUT2D eigenvalue weighted by atomic mass is 16.6. The Morgan fingerprint density at radius 2 is 1.80 bits per heavy atom. The lowest BCUT2D eigenvalue weighted by molar-refractivity contribution is 0.0490. The van der Waals surface area contributed by atoms with Crippen molar-refractivity contribution in [1.82, 2.24) is 25.2 Å². The van der Waals surface area contributed by atoms with Gasteiger partial charge in [0.05, 0.1) is 17.8 Å². The summed E-state index contributed by atoms with van der Waals surface area (Å²) >= 11 is 0. The second-order valence-corrected chi connectivity index (χ2v) is 8.64. The summed E-state index contributed by atoms with van der Waals surface area (Å²) < 4.78 is 5.40. The Labute approximate surface area is 176 Å². The number of hydrogen-bond acceptors (Lipinski definition) is 6. The molecule has 1 saturated carbocycles. The summed E-state index contributed by atoms with van der Waals surface area (Å²) in [6.07, 6.45) is 8.47. The van der Waals surface area contributed by atoms with Crippen molar-refractivity contribution < 1.29 is 9.53 Å². The lowest BCUT2D eigenvalue weighted by Gasteiger charge is -2.36. The summed E-state index contributed by atoms with van der Waals surface area (Å²) in [5, 5.41) is 10.8. The fourth-order valence-electron chi connectivity index (χ4n) is 3.88. The zero-order valence-corrected chi connectivity index (χ0v) is 17.7. The molecule has 8 nitrogen and oxygen atoms in total. The number of amides is 1. The van der Waals surface area contributed by atoms with Gasteiger partial charge in [-0.3, -0.25) is 0 Å². The minimum absolute atomic E-state index is 0.101. The largest absolute Gasteiger partial charge is 0.444 e. The molecule has 0 radical (unpaired) electrons. The minimum atomic E-state index is -0.496. The first-order valence-electron chi connectivity index (χ1n) is 10.4. The van der Waals surface area contributed by atoms with Gasteiger partial charge in [-0.1, -0.05) is 18.2 Å². The molecular formula is C22H28N6O2. The molecule has 1 fully saturated rings. The third-order valence-corrected chi connectivity index (χ3v) is 5.18. The lowest BCUT2D eigenvalue weighted by atomic mass is 9.91. The number of fused-ring (bicyclic) bond motifs is 1. The van der Waals surface area contributed by atoms with Gasteiger partial charge in [0, 0.05) is 23.8 Å². The highest BCUT2D eigenvalue weighted by Gasteiger charge is 2.31. The Morgan fingerprint density at radius 3 is 2.50 bits per heavy atom. The van der Waals surface area contributed by atoms with Gasteiger partial charge in [0.15, 0.2) is 0 Å². The van der Waals surface area contributed by atoms with E-state index in [4.69, 9.17) is 4.74 Å². The van der Waals surface area contributed by atoms with E-state index in [0.29, 0.717) is 5.95 Å². The van der Waals surface area contributed by atoms with Crippen LogP contribution in [-0.4, -0.2) is 43.6 Å². The number of rotatable bonds is 4. The molecule has 0 atom stereocenters. The molecule has 3 aromatic rings. The van der Waals surface area contributed by atoms with Crippen molar-refractivity contribution in [2.75, 3.05) is 5.01 Å². The quantitative estimate of drug-likeness (QED) is 0.704. The number of alkyl carbamates (subject to hydrolysis) is 1. The Kier molecular flexibility index (Phi) is 5.57. The van der Waals surface area contributed by atoms with Crippen molar-refractivity contribution in [3.63, 3.8) is 0 Å². The molecule has 0 unspecified atom stereocenters. The number of carbonyl (C=O) groups is 1. The number of para-hydroxylation sites is 1. The molecule has 0 aliphatic heterocycles. The first-order valence-corrected chi connectivity index (χ1v) is 10.4. The number of ether oxygens (including phenoxy) is 1. The standard InChI is InChI=1S/C22H28N6O2/c1-22(2,3)30-21(29)26-17-9-11-18(12-10-17)27(20-23-13-6-14-24-20)28-19-8-5-4-7-16(19)15-25-28/h4-8,13-15,17-18H,9-12H2,1-3H3,(H,26,29). The number of nitrogens with zero attached hydrogens (tertiary/aromatic N) is 5. The molecule has 0 saturated heterocycles. The van der Waals surface area contributed by atoms with Crippen LogP contribution in [0.3, 0.4) is 0 Å². The van der Waals surface area contributed by atoms with Gasteiger partial charge in [-0.25, -0.2) is 19.8 Å². The zero-order chi connectivity index (χ0) is 21.1. The van der Waals surface area contributed by atoms with Crippen LogP contribution in [0, 0.1) is 0 Å². The summed E-state index contributed by atoms with van der Waals surface area (Å²) in [7, 11) is 0. The number of aromatic nitrogens is 4. The SMILES string of the molecule is CC(C)(C)OC(=O)NC1CCC(N(c2ncccn2)n2ncc3ccccc32)CC1. The molecule has 0 spiro atoms. The first-order chi connectivity index (χ1) is 14.4. The predicted octanol–water partition coefficient (Wildman–Crippen LogP) is 3.93. The summed E-state index contributed by atoms with van der Waals surface area (Å²) in [5.74, 6) is 0.620. The number of carbonyl (C=O) groups excluding carboxylic acids is 1. The molecule has 158 valence electrons. The average molecular weight is 409 g/mol. The number of nitrogens with one attached hydrogen (secondary N) is 1. The van der Waals surface area contributed by atoms with Crippen LogP contribution >= 0.6 is 0 Å². The van der Waals surface area contributed by atoms with Crippen molar-refractivity contribution in [1.29, 1.82) is 0 Å². The summed E-state index contributed by atoms with van der Waals surface area (Å²) in [5.41, 5.74) is 0.517. The van der Waals surface area contributed by atoms with E-state index in [1.165, 1.54) is 0 Å². The summed E-state index contributed by atoms with van der Waals surface area (Å²) in [6.45, 7) is 5.61. The molecule has 8 heteroatoms. The van der Waals surface area contributed by atoms with Crippen LogP contribution in [0.5, 0.6) is 0 Å². The predicted molar refractivity (Wildman–Crippen MR) is 115 cm³/mol. The van der Waals surface area contributed by atoms with E-state index in [1.807, 2.05) is 62.1 Å². The van der Waals surface area contributed by atoms with Gasteiger partial charge < -0.3 is 10.1 Å². The number of hydrogen-bond donors (Lipinski definition) is 1. The van der Waals surface area contributed by atoms with Crippen LogP contribution in [0.25, 0.3) is 10.9 Å². The molecule has 1 aromatic carbocycles. The van der Waals surface area contributed by atoms with E-state index in [9.17, 15) is 4.79 Å². The lowest BCUT2D eigenvalue weighted by Crippen LogP contribution is -2.47. The molecule has 0 bridgehead atoms. The van der Waals surface area contributed by atoms with E-state index in [0.717, 1.165) is 36.6 Å². The topological polar surface area (TPSA) is 85.2 Å². The maximum Gasteiger partial charge on any atom is 0.407 e. The first kappa shape index (κ1) is 20.1. The second kappa shape index (κ2) is 8.30. The van der Waals surface area contributed by atoms with Gasteiger partial charge in [-0.05, 0) is 58.6 Å².